The van der Waals surface area contributed by atoms with Crippen LogP contribution < -0.4 is 33.1 Å². The molecular formula is C20H28N10O. The van der Waals surface area contributed by atoms with Crippen LogP contribution in [0.25, 0.3) is 0 Å². The summed E-state index contributed by atoms with van der Waals surface area (Å²) in [5, 5.41) is 11.5. The molecule has 3 rings (SSSR count). The monoisotopic (exact) mass is 424 g/mol. The number of aromatic nitrogens is 2. The van der Waals surface area contributed by atoms with Crippen LogP contribution in [0.2, 0.25) is 0 Å². The zero-order valence-electron chi connectivity index (χ0n) is 17.5. The van der Waals surface area contributed by atoms with Gasteiger partial charge < -0.3 is 22.1 Å². The van der Waals surface area contributed by atoms with Crippen LogP contribution in [0.1, 0.15) is 41.6 Å². The highest BCUT2D eigenvalue weighted by molar-refractivity contribution is 5.98. The molecule has 1 aromatic heterocycles. The summed E-state index contributed by atoms with van der Waals surface area (Å²) in [6, 6.07) is 5.59. The molecule has 1 amide bonds. The molecular weight excluding hydrogens is 396 g/mol. The maximum atomic E-state index is 11.9. The summed E-state index contributed by atoms with van der Waals surface area (Å²) in [5.74, 6) is 5.95. The predicted octanol–water partition coefficient (Wildman–Crippen LogP) is 1.63. The Bertz CT molecular complexity index is 976. The van der Waals surface area contributed by atoms with Crippen molar-refractivity contribution in [1.29, 1.82) is 0 Å². The number of rotatable bonds is 8. The number of carbonyl (C=O) groups is 1. The topological polar surface area (TPSA) is 173 Å². The van der Waals surface area contributed by atoms with Crippen LogP contribution in [0.3, 0.4) is 0 Å². The average Bonchev–Trinajstić information content (AvgIpc) is 2.73. The highest BCUT2D eigenvalue weighted by Crippen LogP contribution is 2.26. The molecule has 0 unspecified atom stereocenters. The molecule has 1 saturated carbocycles. The second-order valence-corrected chi connectivity index (χ2v) is 7.46. The molecule has 1 aliphatic carbocycles. The average molecular weight is 425 g/mol. The van der Waals surface area contributed by atoms with Crippen LogP contribution in [-0.2, 0) is 0 Å². The zero-order valence-corrected chi connectivity index (χ0v) is 17.5. The Morgan fingerprint density at radius 3 is 2.81 bits per heavy atom. The lowest BCUT2D eigenvalue weighted by atomic mass is 9.91. The van der Waals surface area contributed by atoms with Crippen LogP contribution in [-0.4, -0.2) is 41.0 Å². The first-order valence-electron chi connectivity index (χ1n) is 9.98. The van der Waals surface area contributed by atoms with Gasteiger partial charge in [-0.05, 0) is 50.2 Å². The van der Waals surface area contributed by atoms with Crippen LogP contribution >= 0.6 is 0 Å². The van der Waals surface area contributed by atoms with Gasteiger partial charge in [0.25, 0.3) is 5.91 Å². The second-order valence-electron chi connectivity index (χ2n) is 7.46. The molecule has 31 heavy (non-hydrogen) atoms. The van der Waals surface area contributed by atoms with Crippen molar-refractivity contribution < 1.29 is 4.79 Å². The number of aryl methyl sites for hydroxylation is 1. The molecule has 0 aliphatic heterocycles. The summed E-state index contributed by atoms with van der Waals surface area (Å²) in [6.45, 7) is 5.24. The van der Waals surface area contributed by atoms with Crippen LogP contribution in [0, 0.1) is 6.92 Å². The van der Waals surface area contributed by atoms with Crippen molar-refractivity contribution in [2.45, 2.75) is 44.7 Å². The molecule has 11 heteroatoms. The largest absolute Gasteiger partial charge is 0.365 e. The van der Waals surface area contributed by atoms with Gasteiger partial charge in [0, 0.05) is 24.0 Å². The molecule has 1 fully saturated rings. The number of nitrogens with two attached hydrogens (primary N) is 3. The molecule has 1 aromatic carbocycles. The lowest BCUT2D eigenvalue weighted by molar-refractivity contribution is 0.100. The van der Waals surface area contributed by atoms with E-state index in [0.717, 1.165) is 31.2 Å². The van der Waals surface area contributed by atoms with E-state index in [1.165, 1.54) is 17.7 Å². The number of benzene rings is 1. The van der Waals surface area contributed by atoms with Gasteiger partial charge in [0.2, 0.25) is 5.95 Å². The fourth-order valence-electron chi connectivity index (χ4n) is 3.49. The van der Waals surface area contributed by atoms with Gasteiger partial charge in [-0.2, -0.15) is 10.1 Å². The minimum absolute atomic E-state index is 0.0325. The summed E-state index contributed by atoms with van der Waals surface area (Å²) in [6.07, 6.45) is 6.75. The van der Waals surface area contributed by atoms with Crippen molar-refractivity contribution in [1.82, 2.24) is 9.97 Å². The molecule has 11 nitrogen and oxygen atoms in total. The summed E-state index contributed by atoms with van der Waals surface area (Å²) in [5.41, 5.74) is 14.1. The maximum absolute atomic E-state index is 11.9. The predicted molar refractivity (Wildman–Crippen MR) is 124 cm³/mol. The summed E-state index contributed by atoms with van der Waals surface area (Å²) < 4.78 is 0. The minimum Gasteiger partial charge on any atom is -0.365 e. The first kappa shape index (κ1) is 22.1. The molecule has 8 N–H and O–H groups in total. The maximum Gasteiger partial charge on any atom is 0.254 e. The lowest BCUT2D eigenvalue weighted by Gasteiger charge is -2.29. The Labute approximate surface area is 180 Å². The Morgan fingerprint density at radius 1 is 1.32 bits per heavy atom. The summed E-state index contributed by atoms with van der Waals surface area (Å²) in [4.78, 5) is 24.2. The number of hydrogen-bond donors (Lipinski definition) is 5. The first-order chi connectivity index (χ1) is 14.9. The van der Waals surface area contributed by atoms with E-state index in [4.69, 9.17) is 17.3 Å². The number of hydrazone groups is 1. The Morgan fingerprint density at radius 2 is 2.10 bits per heavy atom. The van der Waals surface area contributed by atoms with E-state index in [-0.39, 0.29) is 23.5 Å². The second kappa shape index (κ2) is 9.96. The van der Waals surface area contributed by atoms with E-state index in [0.29, 0.717) is 17.3 Å². The van der Waals surface area contributed by atoms with Gasteiger partial charge in [-0.15, -0.1) is 5.10 Å². The number of aliphatic imine (C=N–C) groups is 1. The number of primary amides is 1. The molecule has 0 saturated heterocycles. The number of hydrogen-bond acceptors (Lipinski definition) is 9. The molecule has 1 heterocycles. The fourth-order valence-corrected chi connectivity index (χ4v) is 3.49. The van der Waals surface area contributed by atoms with Gasteiger partial charge in [0.05, 0.1) is 5.69 Å². The third kappa shape index (κ3) is 5.74. The number of carbonyl (C=O) groups excluding carboxylic acids is 1. The fraction of sp³-hybridized carbons (Fsp3) is 0.350. The van der Waals surface area contributed by atoms with Crippen LogP contribution in [0.15, 0.2) is 34.5 Å². The van der Waals surface area contributed by atoms with Gasteiger partial charge in [-0.1, -0.05) is 12.8 Å². The van der Waals surface area contributed by atoms with Crippen molar-refractivity contribution in [2.24, 2.45) is 27.4 Å². The molecule has 0 bridgehead atoms. The molecule has 164 valence electrons. The van der Waals surface area contributed by atoms with Gasteiger partial charge in [0.15, 0.2) is 0 Å². The lowest BCUT2D eigenvalue weighted by Crippen LogP contribution is -2.43. The third-order valence-corrected chi connectivity index (χ3v) is 5.04. The summed E-state index contributed by atoms with van der Waals surface area (Å²) in [7, 11) is 0. The minimum atomic E-state index is -0.640. The first-order valence-corrected chi connectivity index (χ1v) is 9.98. The number of nitrogens with one attached hydrogen (secondary N) is 2. The van der Waals surface area contributed by atoms with Gasteiger partial charge in [0.1, 0.15) is 17.7 Å². The number of hydrazine groups is 1. The van der Waals surface area contributed by atoms with E-state index >= 15 is 0 Å². The van der Waals surface area contributed by atoms with Gasteiger partial charge in [-0.25, -0.2) is 10.8 Å². The molecule has 2 aromatic rings. The Hall–Kier alpha value is -3.57. The van der Waals surface area contributed by atoms with E-state index in [2.05, 4.69) is 37.4 Å². The SMILES string of the molecule is C=N/C=N\N(N)c1cc(C)cc(Nc2nc(N[C@@H]3CCCC[C@@H]3N)ncc2C(N)=O)c1. The molecule has 2 atom stereocenters. The van der Waals surface area contributed by atoms with Crippen molar-refractivity contribution in [3.8, 4) is 0 Å². The molecule has 0 radical (unpaired) electrons. The molecule has 1 aliphatic rings. The highest BCUT2D eigenvalue weighted by Gasteiger charge is 2.23. The van der Waals surface area contributed by atoms with Crippen molar-refractivity contribution in [2.75, 3.05) is 15.8 Å². The van der Waals surface area contributed by atoms with E-state index in [1.54, 1.807) is 6.07 Å². The third-order valence-electron chi connectivity index (χ3n) is 5.04. The molecule has 0 spiro atoms. The zero-order chi connectivity index (χ0) is 22.4. The van der Waals surface area contributed by atoms with Crippen molar-refractivity contribution in [3.63, 3.8) is 0 Å². The van der Waals surface area contributed by atoms with E-state index in [1.807, 2.05) is 19.1 Å². The van der Waals surface area contributed by atoms with Gasteiger partial charge in [-0.3, -0.25) is 9.79 Å². The van der Waals surface area contributed by atoms with Crippen LogP contribution in [0.4, 0.5) is 23.1 Å². The quantitative estimate of drug-likeness (QED) is 0.184. The van der Waals surface area contributed by atoms with Crippen LogP contribution in [0.5, 0.6) is 0 Å². The normalized spacial score (nSPS) is 18.5. The standard InChI is InChI=1S/C20H28N10O/c1-12-7-13(9-14(8-12)30(23)26-11-24-2)27-19-15(18(22)31)10-25-20(29-19)28-17-6-4-3-5-16(17)21/h7-11,16-17H,2-6,21,23H2,1H3,(H2,22,31)(H2,25,27,28,29)/b26-11-/t16-,17+/m0/s1. The van der Waals surface area contributed by atoms with E-state index < -0.39 is 5.91 Å². The highest BCUT2D eigenvalue weighted by atomic mass is 16.1. The van der Waals surface area contributed by atoms with Crippen molar-refractivity contribution >= 4 is 42.1 Å². The Kier molecular flexibility index (Phi) is 7.11. The smallest absolute Gasteiger partial charge is 0.254 e. The number of anilines is 4. The van der Waals surface area contributed by atoms with E-state index in [9.17, 15) is 4.79 Å². The summed E-state index contributed by atoms with van der Waals surface area (Å²) >= 11 is 0. The number of amides is 1. The Balaban J connectivity index is 1.88. The van der Waals surface area contributed by atoms with Gasteiger partial charge >= 0.3 is 0 Å². The number of nitrogens with zero attached hydrogens (tertiary/aromatic N) is 5. The van der Waals surface area contributed by atoms with Crippen molar-refractivity contribution in [3.05, 3.63) is 35.5 Å².